The van der Waals surface area contributed by atoms with Crippen LogP contribution in [-0.2, 0) is 11.3 Å². The summed E-state index contributed by atoms with van der Waals surface area (Å²) < 4.78 is 10.8. The summed E-state index contributed by atoms with van der Waals surface area (Å²) in [5.41, 5.74) is 2.82. The molecule has 0 fully saturated rings. The highest BCUT2D eigenvalue weighted by Gasteiger charge is 2.08. The van der Waals surface area contributed by atoms with Gasteiger partial charge in [-0.1, -0.05) is 12.1 Å². The van der Waals surface area contributed by atoms with Crippen molar-refractivity contribution >= 4 is 16.9 Å². The molecule has 2 aromatic heterocycles. The van der Waals surface area contributed by atoms with Gasteiger partial charge < -0.3 is 14.8 Å². The Kier molecular flexibility index (Phi) is 6.71. The number of methoxy groups -OCH3 is 1. The number of ether oxygens (including phenoxy) is 2. The molecule has 0 aliphatic carbocycles. The number of fused-ring (bicyclic) bond motifs is 1. The van der Waals surface area contributed by atoms with E-state index >= 15 is 0 Å². The van der Waals surface area contributed by atoms with Gasteiger partial charge >= 0.3 is 0 Å². The third kappa shape index (κ3) is 5.49. The van der Waals surface area contributed by atoms with E-state index in [0.29, 0.717) is 24.4 Å². The van der Waals surface area contributed by atoms with Crippen LogP contribution in [0.5, 0.6) is 5.75 Å². The first-order valence-electron chi connectivity index (χ1n) is 8.97. The fraction of sp³-hybridized carbons (Fsp3) is 0.286. The lowest BCUT2D eigenvalue weighted by atomic mass is 10.2. The SMILES string of the molecule is COCCCCOc1cccc(CNC(=O)c2ccc3ncccc3n2)c1. The predicted molar refractivity (Wildman–Crippen MR) is 104 cm³/mol. The summed E-state index contributed by atoms with van der Waals surface area (Å²) >= 11 is 0. The molecule has 0 bridgehead atoms. The molecule has 140 valence electrons. The third-order valence-electron chi connectivity index (χ3n) is 4.05. The summed E-state index contributed by atoms with van der Waals surface area (Å²) in [6.07, 6.45) is 3.62. The predicted octanol–water partition coefficient (Wildman–Crippen LogP) is 3.37. The molecule has 3 rings (SSSR count). The summed E-state index contributed by atoms with van der Waals surface area (Å²) in [7, 11) is 1.70. The van der Waals surface area contributed by atoms with E-state index in [2.05, 4.69) is 15.3 Å². The highest BCUT2D eigenvalue weighted by molar-refractivity contribution is 5.94. The number of hydrogen-bond donors (Lipinski definition) is 1. The van der Waals surface area contributed by atoms with E-state index < -0.39 is 0 Å². The van der Waals surface area contributed by atoms with Crippen molar-refractivity contribution in [2.45, 2.75) is 19.4 Å². The van der Waals surface area contributed by atoms with Crippen molar-refractivity contribution in [3.05, 3.63) is 66.0 Å². The van der Waals surface area contributed by atoms with Crippen molar-refractivity contribution in [1.82, 2.24) is 15.3 Å². The van der Waals surface area contributed by atoms with Gasteiger partial charge in [-0.05, 0) is 54.8 Å². The molecule has 0 saturated heterocycles. The zero-order valence-corrected chi connectivity index (χ0v) is 15.4. The fourth-order valence-electron chi connectivity index (χ4n) is 2.64. The Morgan fingerprint density at radius 3 is 2.81 bits per heavy atom. The summed E-state index contributed by atoms with van der Waals surface area (Å²) in [5.74, 6) is 0.584. The normalized spacial score (nSPS) is 10.7. The lowest BCUT2D eigenvalue weighted by Gasteiger charge is -2.09. The average Bonchev–Trinajstić information content (AvgIpc) is 2.72. The second-order valence-electron chi connectivity index (χ2n) is 6.12. The summed E-state index contributed by atoms with van der Waals surface area (Å²) in [6.45, 7) is 1.80. The molecular formula is C21H23N3O3. The Balaban J connectivity index is 1.54. The number of hydrogen-bond acceptors (Lipinski definition) is 5. The Bertz CT molecular complexity index is 898. The Morgan fingerprint density at radius 1 is 1.04 bits per heavy atom. The van der Waals surface area contributed by atoms with Crippen LogP contribution in [0, 0.1) is 0 Å². The number of rotatable bonds is 9. The zero-order valence-electron chi connectivity index (χ0n) is 15.4. The first kappa shape index (κ1) is 18.8. The average molecular weight is 365 g/mol. The van der Waals surface area contributed by atoms with Crippen molar-refractivity contribution in [2.24, 2.45) is 0 Å². The van der Waals surface area contributed by atoms with Crippen LogP contribution >= 0.6 is 0 Å². The lowest BCUT2D eigenvalue weighted by molar-refractivity contribution is 0.0946. The van der Waals surface area contributed by atoms with Gasteiger partial charge in [0.2, 0.25) is 0 Å². The van der Waals surface area contributed by atoms with Gasteiger partial charge in [-0.15, -0.1) is 0 Å². The number of carbonyl (C=O) groups is 1. The maximum Gasteiger partial charge on any atom is 0.270 e. The molecule has 27 heavy (non-hydrogen) atoms. The van der Waals surface area contributed by atoms with Crippen LogP contribution in [0.3, 0.4) is 0 Å². The summed E-state index contributed by atoms with van der Waals surface area (Å²) in [5, 5.41) is 2.90. The van der Waals surface area contributed by atoms with Gasteiger partial charge in [0, 0.05) is 26.5 Å². The fourth-order valence-corrected chi connectivity index (χ4v) is 2.64. The van der Waals surface area contributed by atoms with E-state index in [9.17, 15) is 4.79 Å². The van der Waals surface area contributed by atoms with Crippen molar-refractivity contribution in [1.29, 1.82) is 0 Å². The number of amides is 1. The van der Waals surface area contributed by atoms with E-state index in [1.807, 2.05) is 30.3 Å². The zero-order chi connectivity index (χ0) is 18.9. The minimum Gasteiger partial charge on any atom is -0.494 e. The third-order valence-corrected chi connectivity index (χ3v) is 4.05. The van der Waals surface area contributed by atoms with Gasteiger partial charge in [0.25, 0.3) is 5.91 Å². The number of pyridine rings is 2. The second-order valence-corrected chi connectivity index (χ2v) is 6.12. The first-order valence-corrected chi connectivity index (χ1v) is 8.97. The van der Waals surface area contributed by atoms with Crippen molar-refractivity contribution in [3.8, 4) is 5.75 Å². The molecule has 0 unspecified atom stereocenters. The number of unbranched alkanes of at least 4 members (excludes halogenated alkanes) is 1. The molecule has 6 nitrogen and oxygen atoms in total. The molecule has 6 heteroatoms. The summed E-state index contributed by atoms with van der Waals surface area (Å²) in [4.78, 5) is 21.0. The van der Waals surface area contributed by atoms with E-state index in [1.54, 1.807) is 31.5 Å². The smallest absolute Gasteiger partial charge is 0.270 e. The minimum atomic E-state index is -0.216. The molecule has 0 radical (unpaired) electrons. The van der Waals surface area contributed by atoms with Crippen LogP contribution in [0.15, 0.2) is 54.7 Å². The molecule has 0 aliphatic rings. The van der Waals surface area contributed by atoms with Crippen LogP contribution in [0.2, 0.25) is 0 Å². The van der Waals surface area contributed by atoms with Crippen molar-refractivity contribution < 1.29 is 14.3 Å². The van der Waals surface area contributed by atoms with Gasteiger partial charge in [-0.25, -0.2) is 4.98 Å². The Hall–Kier alpha value is -2.99. The van der Waals surface area contributed by atoms with Crippen LogP contribution in [0.4, 0.5) is 0 Å². The number of nitrogens with zero attached hydrogens (tertiary/aromatic N) is 2. The van der Waals surface area contributed by atoms with E-state index in [0.717, 1.165) is 36.3 Å². The van der Waals surface area contributed by atoms with Crippen LogP contribution in [0.25, 0.3) is 11.0 Å². The van der Waals surface area contributed by atoms with Gasteiger partial charge in [-0.3, -0.25) is 9.78 Å². The van der Waals surface area contributed by atoms with Gasteiger partial charge in [0.1, 0.15) is 11.4 Å². The molecule has 1 N–H and O–H groups in total. The van der Waals surface area contributed by atoms with Crippen LogP contribution in [-0.4, -0.2) is 36.2 Å². The Morgan fingerprint density at radius 2 is 1.93 bits per heavy atom. The maximum absolute atomic E-state index is 12.4. The molecule has 0 spiro atoms. The first-order chi connectivity index (χ1) is 13.3. The molecule has 3 aromatic rings. The van der Waals surface area contributed by atoms with Gasteiger partial charge in [0.15, 0.2) is 0 Å². The summed E-state index contributed by atoms with van der Waals surface area (Å²) in [6, 6.07) is 14.9. The largest absolute Gasteiger partial charge is 0.494 e. The highest BCUT2D eigenvalue weighted by Crippen LogP contribution is 2.14. The van der Waals surface area contributed by atoms with E-state index in [4.69, 9.17) is 9.47 Å². The van der Waals surface area contributed by atoms with Crippen LogP contribution < -0.4 is 10.1 Å². The molecule has 0 aliphatic heterocycles. The van der Waals surface area contributed by atoms with Gasteiger partial charge in [-0.2, -0.15) is 0 Å². The van der Waals surface area contributed by atoms with Crippen molar-refractivity contribution in [3.63, 3.8) is 0 Å². The number of nitrogens with one attached hydrogen (secondary N) is 1. The molecule has 1 aromatic carbocycles. The van der Waals surface area contributed by atoms with E-state index in [1.165, 1.54) is 0 Å². The van der Waals surface area contributed by atoms with Crippen LogP contribution in [0.1, 0.15) is 28.9 Å². The topological polar surface area (TPSA) is 73.3 Å². The lowest BCUT2D eigenvalue weighted by Crippen LogP contribution is -2.23. The molecule has 0 atom stereocenters. The quantitative estimate of drug-likeness (QED) is 0.589. The van der Waals surface area contributed by atoms with Gasteiger partial charge in [0.05, 0.1) is 17.6 Å². The highest BCUT2D eigenvalue weighted by atomic mass is 16.5. The molecular weight excluding hydrogens is 342 g/mol. The maximum atomic E-state index is 12.4. The van der Waals surface area contributed by atoms with Crippen molar-refractivity contribution in [2.75, 3.05) is 20.3 Å². The monoisotopic (exact) mass is 365 g/mol. The number of aromatic nitrogens is 2. The standard InChI is InChI=1S/C21H23N3O3/c1-26-12-2-3-13-27-17-7-4-6-16(14-17)15-23-21(25)20-10-9-18-19(24-20)8-5-11-22-18/h4-11,14H,2-3,12-13,15H2,1H3,(H,23,25). The Labute approximate surface area is 158 Å². The molecule has 1 amide bonds. The minimum absolute atomic E-state index is 0.216. The molecule has 0 saturated carbocycles. The van der Waals surface area contributed by atoms with E-state index in [-0.39, 0.29) is 5.91 Å². The number of benzene rings is 1. The second kappa shape index (κ2) is 9.64. The molecule has 2 heterocycles. The number of carbonyl (C=O) groups excluding carboxylic acids is 1.